The van der Waals surface area contributed by atoms with Crippen LogP contribution in [-0.4, -0.2) is 55.0 Å². The van der Waals surface area contributed by atoms with Crippen LogP contribution in [0.2, 0.25) is 0 Å². The number of methoxy groups -OCH3 is 1. The summed E-state index contributed by atoms with van der Waals surface area (Å²) < 4.78 is 4.96. The van der Waals surface area contributed by atoms with E-state index in [0.29, 0.717) is 0 Å². The second-order valence-corrected chi connectivity index (χ2v) is 4.33. The molecule has 1 unspecified atom stereocenters. The molecule has 7 nitrogen and oxygen atoms in total. The zero-order valence-corrected chi connectivity index (χ0v) is 10.6. The van der Waals surface area contributed by atoms with Crippen molar-refractivity contribution < 1.29 is 19.4 Å². The number of nitrogens with zero attached hydrogens (tertiary/aromatic N) is 1. The molecule has 104 valence electrons. The fourth-order valence-electron chi connectivity index (χ4n) is 1.83. The first-order valence-corrected chi connectivity index (χ1v) is 6.16. The highest BCUT2D eigenvalue weighted by atomic mass is 16.5. The molecule has 7 heteroatoms. The first kappa shape index (κ1) is 14.7. The Balaban J connectivity index is 2.20. The molecular formula is C11H21N3O4. The molecule has 0 aliphatic carbocycles. The van der Waals surface area contributed by atoms with E-state index in [9.17, 15) is 9.59 Å². The SMILES string of the molecule is COC(CNC(=O)NN1CCCCC1)CC(=O)O. The van der Waals surface area contributed by atoms with Gasteiger partial charge < -0.3 is 15.2 Å². The summed E-state index contributed by atoms with van der Waals surface area (Å²) in [6, 6.07) is -0.315. The predicted molar refractivity (Wildman–Crippen MR) is 65.0 cm³/mol. The average molecular weight is 259 g/mol. The smallest absolute Gasteiger partial charge is 0.329 e. The minimum absolute atomic E-state index is 0.125. The van der Waals surface area contributed by atoms with E-state index in [1.165, 1.54) is 13.5 Å². The molecule has 18 heavy (non-hydrogen) atoms. The number of hydrogen-bond donors (Lipinski definition) is 3. The van der Waals surface area contributed by atoms with Gasteiger partial charge in [-0.05, 0) is 12.8 Å². The first-order valence-electron chi connectivity index (χ1n) is 6.16. The summed E-state index contributed by atoms with van der Waals surface area (Å²) in [4.78, 5) is 22.1. The van der Waals surface area contributed by atoms with Gasteiger partial charge in [-0.1, -0.05) is 6.42 Å². The number of piperidine rings is 1. The Labute approximate surface area is 106 Å². The maximum absolute atomic E-state index is 11.6. The zero-order valence-electron chi connectivity index (χ0n) is 10.6. The maximum Gasteiger partial charge on any atom is 0.329 e. The van der Waals surface area contributed by atoms with Crippen molar-refractivity contribution in [1.29, 1.82) is 0 Å². The van der Waals surface area contributed by atoms with E-state index in [4.69, 9.17) is 9.84 Å². The Kier molecular flexibility index (Phi) is 6.45. The van der Waals surface area contributed by atoms with Gasteiger partial charge in [0.25, 0.3) is 0 Å². The fraction of sp³-hybridized carbons (Fsp3) is 0.818. The highest BCUT2D eigenvalue weighted by Crippen LogP contribution is 2.05. The highest BCUT2D eigenvalue weighted by Gasteiger charge is 2.15. The van der Waals surface area contributed by atoms with Gasteiger partial charge in [-0.25, -0.2) is 9.80 Å². The van der Waals surface area contributed by atoms with E-state index in [1.807, 2.05) is 5.01 Å². The molecular weight excluding hydrogens is 238 g/mol. The lowest BCUT2D eigenvalue weighted by atomic mass is 10.2. The second-order valence-electron chi connectivity index (χ2n) is 4.33. The van der Waals surface area contributed by atoms with Crippen molar-refractivity contribution in [3.8, 4) is 0 Å². The summed E-state index contributed by atoms with van der Waals surface area (Å²) in [5.74, 6) is -0.944. The molecule has 0 saturated carbocycles. The Hall–Kier alpha value is -1.34. The second kappa shape index (κ2) is 7.88. The number of carboxylic acid groups (broad SMARTS) is 1. The number of urea groups is 1. The molecule has 0 aromatic carbocycles. The van der Waals surface area contributed by atoms with Crippen LogP contribution in [-0.2, 0) is 9.53 Å². The predicted octanol–water partition coefficient (Wildman–Crippen LogP) is 0.176. The summed E-state index contributed by atoms with van der Waals surface area (Å²) in [7, 11) is 1.43. The molecule has 1 atom stereocenters. The summed E-state index contributed by atoms with van der Waals surface area (Å²) in [5, 5.41) is 13.1. The van der Waals surface area contributed by atoms with Gasteiger partial charge in [0.15, 0.2) is 0 Å². The molecule has 1 aliphatic heterocycles. The third-order valence-corrected chi connectivity index (χ3v) is 2.84. The quantitative estimate of drug-likeness (QED) is 0.633. The number of nitrogens with one attached hydrogen (secondary N) is 2. The molecule has 1 fully saturated rings. The average Bonchev–Trinajstić information content (AvgIpc) is 2.35. The van der Waals surface area contributed by atoms with Crippen LogP contribution in [0.15, 0.2) is 0 Å². The first-order chi connectivity index (χ1) is 8.61. The number of hydrogen-bond acceptors (Lipinski definition) is 4. The van der Waals surface area contributed by atoms with Crippen LogP contribution in [0, 0.1) is 0 Å². The molecule has 1 saturated heterocycles. The highest BCUT2D eigenvalue weighted by molar-refractivity contribution is 5.73. The van der Waals surface area contributed by atoms with Gasteiger partial charge >= 0.3 is 12.0 Å². The van der Waals surface area contributed by atoms with Gasteiger partial charge in [-0.15, -0.1) is 0 Å². The van der Waals surface area contributed by atoms with Crippen LogP contribution in [0.5, 0.6) is 0 Å². The number of carboxylic acids is 1. The largest absolute Gasteiger partial charge is 0.481 e. The molecule has 0 aromatic rings. The van der Waals surface area contributed by atoms with Gasteiger partial charge in [0, 0.05) is 26.7 Å². The summed E-state index contributed by atoms with van der Waals surface area (Å²) in [6.45, 7) is 1.90. The number of hydrazine groups is 1. The monoisotopic (exact) mass is 259 g/mol. The summed E-state index contributed by atoms with van der Waals surface area (Å²) in [5.41, 5.74) is 2.73. The van der Waals surface area contributed by atoms with Gasteiger partial charge in [0.2, 0.25) is 0 Å². The molecule has 3 N–H and O–H groups in total. The number of carbonyl (C=O) groups excluding carboxylic acids is 1. The van der Waals surface area contributed by atoms with Crippen molar-refractivity contribution in [1.82, 2.24) is 15.8 Å². The van der Waals surface area contributed by atoms with Crippen molar-refractivity contribution in [3.63, 3.8) is 0 Å². The van der Waals surface area contributed by atoms with Crippen molar-refractivity contribution >= 4 is 12.0 Å². The summed E-state index contributed by atoms with van der Waals surface area (Å²) in [6.07, 6.45) is 2.74. The van der Waals surface area contributed by atoms with Crippen molar-refractivity contribution in [2.45, 2.75) is 31.8 Å². The lowest BCUT2D eigenvalue weighted by molar-refractivity contribution is -0.139. The third-order valence-electron chi connectivity index (χ3n) is 2.84. The van der Waals surface area contributed by atoms with Crippen molar-refractivity contribution in [2.24, 2.45) is 0 Å². The molecule has 0 bridgehead atoms. The minimum Gasteiger partial charge on any atom is -0.481 e. The lowest BCUT2D eigenvalue weighted by Crippen LogP contribution is -2.50. The number of ether oxygens (including phenoxy) is 1. The van der Waals surface area contributed by atoms with Crippen LogP contribution in [0.1, 0.15) is 25.7 Å². The van der Waals surface area contributed by atoms with Crippen LogP contribution < -0.4 is 10.7 Å². The normalized spacial score (nSPS) is 18.1. The molecule has 0 radical (unpaired) electrons. The molecule has 1 aliphatic rings. The van der Waals surface area contributed by atoms with Crippen LogP contribution >= 0.6 is 0 Å². The van der Waals surface area contributed by atoms with Crippen LogP contribution in [0.25, 0.3) is 0 Å². The van der Waals surface area contributed by atoms with E-state index < -0.39 is 12.1 Å². The maximum atomic E-state index is 11.6. The third kappa shape index (κ3) is 5.83. The number of carbonyl (C=O) groups is 2. The van der Waals surface area contributed by atoms with Gasteiger partial charge in [0.05, 0.1) is 12.5 Å². The minimum atomic E-state index is -0.944. The van der Waals surface area contributed by atoms with E-state index in [0.717, 1.165) is 25.9 Å². The van der Waals surface area contributed by atoms with E-state index in [-0.39, 0.29) is 19.0 Å². The molecule has 1 rings (SSSR count). The number of aliphatic carboxylic acids is 1. The Morgan fingerprint density at radius 1 is 1.33 bits per heavy atom. The van der Waals surface area contributed by atoms with Gasteiger partial charge in [-0.2, -0.15) is 0 Å². The molecule has 2 amide bonds. The van der Waals surface area contributed by atoms with Gasteiger partial charge in [0.1, 0.15) is 0 Å². The van der Waals surface area contributed by atoms with E-state index >= 15 is 0 Å². The number of amides is 2. The standard InChI is InChI=1S/C11H21N3O4/c1-18-9(7-10(15)16)8-12-11(17)13-14-5-3-2-4-6-14/h9H,2-8H2,1H3,(H,15,16)(H2,12,13,17). The van der Waals surface area contributed by atoms with E-state index in [2.05, 4.69) is 10.7 Å². The lowest BCUT2D eigenvalue weighted by Gasteiger charge is -2.27. The van der Waals surface area contributed by atoms with Crippen molar-refractivity contribution in [2.75, 3.05) is 26.7 Å². The Bertz CT molecular complexity index is 279. The Morgan fingerprint density at radius 3 is 2.56 bits per heavy atom. The van der Waals surface area contributed by atoms with Gasteiger partial charge in [-0.3, -0.25) is 10.2 Å². The topological polar surface area (TPSA) is 90.9 Å². The van der Waals surface area contributed by atoms with Crippen LogP contribution in [0.4, 0.5) is 4.79 Å². The summed E-state index contributed by atoms with van der Waals surface area (Å²) >= 11 is 0. The molecule has 1 heterocycles. The molecule has 0 spiro atoms. The van der Waals surface area contributed by atoms with Crippen LogP contribution in [0.3, 0.4) is 0 Å². The Morgan fingerprint density at radius 2 is 2.00 bits per heavy atom. The number of rotatable bonds is 6. The van der Waals surface area contributed by atoms with E-state index in [1.54, 1.807) is 0 Å². The van der Waals surface area contributed by atoms with Crippen molar-refractivity contribution in [3.05, 3.63) is 0 Å². The fourth-order valence-corrected chi connectivity index (χ4v) is 1.83. The molecule has 0 aromatic heterocycles. The zero-order chi connectivity index (χ0) is 13.4.